The van der Waals surface area contributed by atoms with Gasteiger partial charge in [-0.25, -0.2) is 0 Å². The van der Waals surface area contributed by atoms with Gasteiger partial charge in [0.15, 0.2) is 0 Å². The predicted molar refractivity (Wildman–Crippen MR) is 133 cm³/mol. The number of rotatable bonds is 8. The maximum absolute atomic E-state index is 12.8. The predicted octanol–water partition coefficient (Wildman–Crippen LogP) is 3.77. The summed E-state index contributed by atoms with van der Waals surface area (Å²) in [5.74, 6) is -0.404. The highest BCUT2D eigenvalue weighted by Gasteiger charge is 2.35. The highest BCUT2D eigenvalue weighted by Crippen LogP contribution is 2.27. The zero-order chi connectivity index (χ0) is 23.2. The molecule has 0 saturated carbocycles. The van der Waals surface area contributed by atoms with Crippen LogP contribution in [0.25, 0.3) is 0 Å². The first kappa shape index (κ1) is 23.5. The Hall–Kier alpha value is -2.70. The van der Waals surface area contributed by atoms with Gasteiger partial charge >= 0.3 is 0 Å². The fourth-order valence-electron chi connectivity index (χ4n) is 4.56. The molecule has 176 valence electrons. The Labute approximate surface area is 197 Å². The Morgan fingerprint density at radius 3 is 2.30 bits per heavy atom. The molecule has 6 nitrogen and oxygen atoms in total. The minimum absolute atomic E-state index is 0.0129. The van der Waals surface area contributed by atoms with Gasteiger partial charge in [0.2, 0.25) is 11.8 Å². The zero-order valence-electron chi connectivity index (χ0n) is 19.9. The van der Waals surface area contributed by atoms with Crippen molar-refractivity contribution in [3.63, 3.8) is 0 Å². The van der Waals surface area contributed by atoms with Gasteiger partial charge in [-0.15, -0.1) is 0 Å². The van der Waals surface area contributed by atoms with Gasteiger partial charge in [0.05, 0.1) is 5.92 Å². The van der Waals surface area contributed by atoms with Crippen molar-refractivity contribution in [3.8, 4) is 0 Å². The summed E-state index contributed by atoms with van der Waals surface area (Å²) in [6, 6.07) is 16.3. The molecule has 2 amide bonds. The number of carbonyl (C=O) groups is 2. The first-order valence-electron chi connectivity index (χ1n) is 12.2. The van der Waals surface area contributed by atoms with E-state index in [0.717, 1.165) is 50.5 Å². The molecule has 2 aliphatic heterocycles. The SMILES string of the molecule is CCCCc1ccc(N2CC(C(=O)Nc3ccc(CN4CCN(C)CC4)cc3)CC2=O)cc1. The van der Waals surface area contributed by atoms with Crippen molar-refractivity contribution in [1.29, 1.82) is 0 Å². The van der Waals surface area contributed by atoms with E-state index in [1.807, 2.05) is 24.3 Å². The second-order valence-corrected chi connectivity index (χ2v) is 9.44. The third kappa shape index (κ3) is 6.21. The van der Waals surface area contributed by atoms with Gasteiger partial charge < -0.3 is 15.1 Å². The van der Waals surface area contributed by atoms with E-state index >= 15 is 0 Å². The average Bonchev–Trinajstić information content (AvgIpc) is 3.22. The van der Waals surface area contributed by atoms with E-state index in [1.165, 1.54) is 24.0 Å². The van der Waals surface area contributed by atoms with Gasteiger partial charge in [0.1, 0.15) is 0 Å². The monoisotopic (exact) mass is 448 g/mol. The number of anilines is 2. The van der Waals surface area contributed by atoms with Crippen LogP contribution in [0.5, 0.6) is 0 Å². The number of aryl methyl sites for hydroxylation is 1. The maximum atomic E-state index is 12.8. The van der Waals surface area contributed by atoms with Crippen LogP contribution in [0.3, 0.4) is 0 Å². The molecule has 0 aliphatic carbocycles. The number of amides is 2. The second-order valence-electron chi connectivity index (χ2n) is 9.44. The van der Waals surface area contributed by atoms with Crippen molar-refractivity contribution < 1.29 is 9.59 Å². The van der Waals surface area contributed by atoms with E-state index in [0.29, 0.717) is 6.54 Å². The van der Waals surface area contributed by atoms with Gasteiger partial charge in [-0.3, -0.25) is 14.5 Å². The van der Waals surface area contributed by atoms with E-state index in [9.17, 15) is 9.59 Å². The molecule has 2 fully saturated rings. The first-order valence-corrected chi connectivity index (χ1v) is 12.2. The summed E-state index contributed by atoms with van der Waals surface area (Å²) in [6.45, 7) is 7.94. The third-order valence-corrected chi connectivity index (χ3v) is 6.79. The molecular formula is C27H36N4O2. The molecule has 2 aromatic rings. The van der Waals surface area contributed by atoms with Gasteiger partial charge in [0, 0.05) is 57.1 Å². The third-order valence-electron chi connectivity index (χ3n) is 6.79. The summed E-state index contributed by atoms with van der Waals surface area (Å²) in [4.78, 5) is 32.0. The number of carbonyl (C=O) groups excluding carboxylic acids is 2. The lowest BCUT2D eigenvalue weighted by Gasteiger charge is -2.32. The molecule has 2 aliphatic rings. The minimum atomic E-state index is -0.331. The summed E-state index contributed by atoms with van der Waals surface area (Å²) in [6.07, 6.45) is 3.65. The van der Waals surface area contributed by atoms with Crippen LogP contribution in [0.4, 0.5) is 11.4 Å². The molecule has 0 bridgehead atoms. The van der Waals surface area contributed by atoms with Crippen LogP contribution in [0.15, 0.2) is 48.5 Å². The zero-order valence-corrected chi connectivity index (χ0v) is 19.9. The van der Waals surface area contributed by atoms with Crippen LogP contribution in [0.1, 0.15) is 37.3 Å². The highest BCUT2D eigenvalue weighted by atomic mass is 16.2. The lowest BCUT2D eigenvalue weighted by atomic mass is 10.1. The molecule has 2 saturated heterocycles. The Morgan fingerprint density at radius 1 is 0.970 bits per heavy atom. The Balaban J connectivity index is 1.29. The summed E-state index contributed by atoms with van der Waals surface area (Å²) in [5.41, 5.74) is 4.21. The van der Waals surface area contributed by atoms with E-state index in [4.69, 9.17) is 0 Å². The molecule has 1 N–H and O–H groups in total. The van der Waals surface area contributed by atoms with Crippen molar-refractivity contribution in [3.05, 3.63) is 59.7 Å². The van der Waals surface area contributed by atoms with Crippen LogP contribution in [-0.4, -0.2) is 61.4 Å². The Kier molecular flexibility index (Phi) is 7.78. The topological polar surface area (TPSA) is 55.9 Å². The van der Waals surface area contributed by atoms with Crippen molar-refractivity contribution in [1.82, 2.24) is 9.80 Å². The molecular weight excluding hydrogens is 412 g/mol. The van der Waals surface area contributed by atoms with E-state index < -0.39 is 0 Å². The van der Waals surface area contributed by atoms with Crippen LogP contribution >= 0.6 is 0 Å². The lowest BCUT2D eigenvalue weighted by Crippen LogP contribution is -2.43. The van der Waals surface area contributed by atoms with Crippen molar-refractivity contribution in [2.75, 3.05) is 50.0 Å². The molecule has 0 aromatic heterocycles. The van der Waals surface area contributed by atoms with Crippen LogP contribution in [0, 0.1) is 5.92 Å². The Morgan fingerprint density at radius 2 is 1.64 bits per heavy atom. The first-order chi connectivity index (χ1) is 16.0. The number of hydrogen-bond donors (Lipinski definition) is 1. The van der Waals surface area contributed by atoms with E-state index in [-0.39, 0.29) is 24.2 Å². The van der Waals surface area contributed by atoms with Gasteiger partial charge in [-0.2, -0.15) is 0 Å². The Bertz CT molecular complexity index is 934. The highest BCUT2D eigenvalue weighted by molar-refractivity contribution is 6.03. The molecule has 33 heavy (non-hydrogen) atoms. The number of nitrogens with zero attached hydrogens (tertiary/aromatic N) is 3. The number of benzene rings is 2. The van der Waals surface area contributed by atoms with Crippen molar-refractivity contribution in [2.45, 2.75) is 39.2 Å². The van der Waals surface area contributed by atoms with Crippen molar-refractivity contribution in [2.24, 2.45) is 5.92 Å². The quantitative estimate of drug-likeness (QED) is 0.668. The fraction of sp³-hybridized carbons (Fsp3) is 0.481. The number of nitrogens with one attached hydrogen (secondary N) is 1. The number of piperazine rings is 1. The van der Waals surface area contributed by atoms with E-state index in [1.54, 1.807) is 4.90 Å². The summed E-state index contributed by atoms with van der Waals surface area (Å²) in [7, 11) is 2.16. The molecule has 2 aromatic carbocycles. The van der Waals surface area contributed by atoms with Gasteiger partial charge in [0.25, 0.3) is 0 Å². The number of unbranched alkanes of at least 4 members (excludes halogenated alkanes) is 1. The largest absolute Gasteiger partial charge is 0.326 e. The van der Waals surface area contributed by atoms with Gasteiger partial charge in [-0.05, 0) is 55.3 Å². The van der Waals surface area contributed by atoms with Crippen LogP contribution < -0.4 is 10.2 Å². The summed E-state index contributed by atoms with van der Waals surface area (Å²) < 4.78 is 0. The van der Waals surface area contributed by atoms with Crippen molar-refractivity contribution >= 4 is 23.2 Å². The molecule has 0 spiro atoms. The molecule has 6 heteroatoms. The second kappa shape index (κ2) is 10.9. The van der Waals surface area contributed by atoms with Crippen LogP contribution in [-0.2, 0) is 22.6 Å². The number of hydrogen-bond acceptors (Lipinski definition) is 4. The minimum Gasteiger partial charge on any atom is -0.326 e. The lowest BCUT2D eigenvalue weighted by molar-refractivity contribution is -0.122. The molecule has 1 unspecified atom stereocenters. The average molecular weight is 449 g/mol. The smallest absolute Gasteiger partial charge is 0.229 e. The standard InChI is InChI=1S/C27H36N4O2/c1-3-4-5-21-8-12-25(13-9-21)31-20-23(18-26(31)32)27(33)28-24-10-6-22(7-11-24)19-30-16-14-29(2)15-17-30/h6-13,23H,3-5,14-20H2,1-2H3,(H,28,33). The summed E-state index contributed by atoms with van der Waals surface area (Å²) in [5, 5.41) is 3.01. The number of likely N-dealkylation sites (N-methyl/N-ethyl adjacent to an activating group) is 1. The molecule has 4 rings (SSSR count). The summed E-state index contributed by atoms with van der Waals surface area (Å²) >= 11 is 0. The molecule has 2 heterocycles. The van der Waals surface area contributed by atoms with E-state index in [2.05, 4.69) is 53.4 Å². The molecule has 0 radical (unpaired) electrons. The molecule has 1 atom stereocenters. The van der Waals surface area contributed by atoms with Crippen LogP contribution in [0.2, 0.25) is 0 Å². The maximum Gasteiger partial charge on any atom is 0.229 e. The fourth-order valence-corrected chi connectivity index (χ4v) is 4.56. The normalized spacial score (nSPS) is 19.8. The van der Waals surface area contributed by atoms with Gasteiger partial charge in [-0.1, -0.05) is 37.6 Å².